The largest absolute Gasteiger partial charge is 0.496 e. The van der Waals surface area contributed by atoms with Gasteiger partial charge in [-0.1, -0.05) is 42.5 Å². The summed E-state index contributed by atoms with van der Waals surface area (Å²) in [6.45, 7) is 6.96. The van der Waals surface area contributed by atoms with Crippen LogP contribution in [0.4, 0.5) is 0 Å². The molecule has 1 saturated heterocycles. The van der Waals surface area contributed by atoms with Crippen LogP contribution in [0.25, 0.3) is 0 Å². The Labute approximate surface area is 231 Å². The molecular formula is C31H39N3O5. The molecule has 2 heterocycles. The molecule has 8 nitrogen and oxygen atoms in total. The van der Waals surface area contributed by atoms with Crippen molar-refractivity contribution in [2.45, 2.75) is 33.2 Å². The van der Waals surface area contributed by atoms with Crippen molar-refractivity contribution in [3.63, 3.8) is 0 Å². The van der Waals surface area contributed by atoms with E-state index >= 15 is 0 Å². The highest BCUT2D eigenvalue weighted by Gasteiger charge is 2.34. The average molecular weight is 534 g/mol. The lowest BCUT2D eigenvalue weighted by Crippen LogP contribution is -2.48. The number of methoxy groups -OCH3 is 1. The average Bonchev–Trinajstić information content (AvgIpc) is 2.96. The molecular weight excluding hydrogens is 494 g/mol. The van der Waals surface area contributed by atoms with Gasteiger partial charge in [-0.25, -0.2) is 0 Å². The van der Waals surface area contributed by atoms with E-state index in [9.17, 15) is 14.4 Å². The molecule has 0 aromatic heterocycles. The van der Waals surface area contributed by atoms with Gasteiger partial charge in [-0.2, -0.15) is 0 Å². The number of para-hydroxylation sites is 2. The minimum absolute atomic E-state index is 0.0279. The van der Waals surface area contributed by atoms with Crippen LogP contribution in [-0.2, 0) is 16.1 Å². The Hall–Kier alpha value is -3.81. The fourth-order valence-corrected chi connectivity index (χ4v) is 5.46. The summed E-state index contributed by atoms with van der Waals surface area (Å²) in [4.78, 5) is 45.6. The van der Waals surface area contributed by atoms with Crippen molar-refractivity contribution in [1.29, 1.82) is 0 Å². The summed E-state index contributed by atoms with van der Waals surface area (Å²) in [5, 5.41) is 0. The zero-order valence-corrected chi connectivity index (χ0v) is 23.2. The minimum atomic E-state index is -0.278. The number of hydrogen-bond acceptors (Lipinski definition) is 5. The monoisotopic (exact) mass is 533 g/mol. The SMILES string of the molecule is CCN(CC)C(=O)C[C@@H]1CCN2C[C@@H]1/C=C\COc1ccccc1CN(C(=O)c1ccccc1OC)CC2=O. The number of ether oxygens (including phenoxy) is 2. The third-order valence-corrected chi connectivity index (χ3v) is 7.72. The van der Waals surface area contributed by atoms with Crippen molar-refractivity contribution < 1.29 is 23.9 Å². The topological polar surface area (TPSA) is 79.4 Å². The number of rotatable bonds is 6. The van der Waals surface area contributed by atoms with Crippen LogP contribution >= 0.6 is 0 Å². The predicted octanol–water partition coefficient (Wildman–Crippen LogP) is 4.01. The molecule has 1 fully saturated rings. The zero-order chi connectivity index (χ0) is 27.8. The van der Waals surface area contributed by atoms with Crippen LogP contribution in [0.3, 0.4) is 0 Å². The Morgan fingerprint density at radius 1 is 1.05 bits per heavy atom. The van der Waals surface area contributed by atoms with Crippen LogP contribution in [-0.4, -0.2) is 78.9 Å². The van der Waals surface area contributed by atoms with Gasteiger partial charge in [0.1, 0.15) is 24.7 Å². The van der Waals surface area contributed by atoms with E-state index in [2.05, 4.69) is 6.08 Å². The van der Waals surface area contributed by atoms with Gasteiger partial charge in [0.05, 0.1) is 19.2 Å². The number of fused-ring (bicyclic) bond motifs is 3. The van der Waals surface area contributed by atoms with Crippen LogP contribution in [0, 0.1) is 11.8 Å². The Kier molecular flexibility index (Phi) is 9.63. The molecule has 4 rings (SSSR count). The van der Waals surface area contributed by atoms with E-state index < -0.39 is 0 Å². The number of piperidine rings is 1. The number of hydrogen-bond donors (Lipinski definition) is 0. The Balaban J connectivity index is 1.62. The molecule has 3 amide bonds. The first-order valence-electron chi connectivity index (χ1n) is 13.8. The lowest BCUT2D eigenvalue weighted by molar-refractivity contribution is -0.135. The van der Waals surface area contributed by atoms with E-state index in [4.69, 9.17) is 9.47 Å². The van der Waals surface area contributed by atoms with Crippen molar-refractivity contribution in [2.24, 2.45) is 11.8 Å². The van der Waals surface area contributed by atoms with E-state index in [1.807, 2.05) is 60.1 Å². The highest BCUT2D eigenvalue weighted by molar-refractivity contribution is 5.98. The van der Waals surface area contributed by atoms with Crippen LogP contribution in [0.15, 0.2) is 60.7 Å². The lowest BCUT2D eigenvalue weighted by atomic mass is 9.82. The van der Waals surface area contributed by atoms with Gasteiger partial charge in [0.2, 0.25) is 11.8 Å². The Morgan fingerprint density at radius 3 is 2.56 bits per heavy atom. The lowest BCUT2D eigenvalue weighted by Gasteiger charge is -2.38. The first kappa shape index (κ1) is 28.2. The summed E-state index contributed by atoms with van der Waals surface area (Å²) in [6, 6.07) is 14.6. The standard InChI is InChI=1S/C31H39N3O5/c1-4-32(5-2)29(35)19-23-16-17-33-20-24(23)12-10-18-39-27-14-8-6-11-25(27)21-34(22-30(33)36)31(37)26-13-7-9-15-28(26)38-3/h6-15,23-24H,4-5,16-22H2,1-3H3/b12-10-/t23-,24-/m0/s1. The maximum atomic E-state index is 13.8. The van der Waals surface area contributed by atoms with E-state index in [0.717, 1.165) is 12.0 Å². The molecule has 2 aromatic carbocycles. The summed E-state index contributed by atoms with van der Waals surface area (Å²) in [6.07, 6.45) is 5.27. The third kappa shape index (κ3) is 6.80. The van der Waals surface area contributed by atoms with Crippen molar-refractivity contribution in [3.8, 4) is 11.5 Å². The van der Waals surface area contributed by atoms with Crippen molar-refractivity contribution in [3.05, 3.63) is 71.8 Å². The van der Waals surface area contributed by atoms with Crippen molar-refractivity contribution >= 4 is 17.7 Å². The molecule has 0 spiro atoms. The second kappa shape index (κ2) is 13.3. The van der Waals surface area contributed by atoms with Gasteiger partial charge in [0.15, 0.2) is 0 Å². The number of nitrogens with zero attached hydrogens (tertiary/aromatic N) is 3. The maximum Gasteiger partial charge on any atom is 0.258 e. The molecule has 0 N–H and O–H groups in total. The third-order valence-electron chi connectivity index (χ3n) is 7.72. The maximum absolute atomic E-state index is 13.8. The summed E-state index contributed by atoms with van der Waals surface area (Å²) < 4.78 is 11.6. The molecule has 0 saturated carbocycles. The fraction of sp³-hybridized carbons (Fsp3) is 0.452. The van der Waals surface area contributed by atoms with Gasteiger partial charge < -0.3 is 24.2 Å². The number of amides is 3. The smallest absolute Gasteiger partial charge is 0.258 e. The molecule has 2 aromatic rings. The molecule has 2 aliphatic heterocycles. The molecule has 0 radical (unpaired) electrons. The first-order chi connectivity index (χ1) is 18.9. The van der Waals surface area contributed by atoms with Crippen LogP contribution in [0.5, 0.6) is 11.5 Å². The zero-order valence-electron chi connectivity index (χ0n) is 23.2. The molecule has 0 unspecified atom stereocenters. The quantitative estimate of drug-likeness (QED) is 0.525. The summed E-state index contributed by atoms with van der Waals surface area (Å²) in [5.74, 6) is 1.07. The van der Waals surface area contributed by atoms with E-state index in [1.54, 1.807) is 23.1 Å². The van der Waals surface area contributed by atoms with Gasteiger partial charge in [0, 0.05) is 38.2 Å². The minimum Gasteiger partial charge on any atom is -0.496 e. The summed E-state index contributed by atoms with van der Waals surface area (Å²) in [7, 11) is 1.53. The van der Waals surface area contributed by atoms with E-state index in [0.29, 0.717) is 56.3 Å². The Morgan fingerprint density at radius 2 is 1.79 bits per heavy atom. The highest BCUT2D eigenvalue weighted by Crippen LogP contribution is 2.30. The van der Waals surface area contributed by atoms with Gasteiger partial charge in [0.25, 0.3) is 5.91 Å². The van der Waals surface area contributed by atoms with Crippen molar-refractivity contribution in [2.75, 3.05) is 46.4 Å². The first-order valence-corrected chi connectivity index (χ1v) is 13.8. The fourth-order valence-electron chi connectivity index (χ4n) is 5.46. The van der Waals surface area contributed by atoms with Crippen molar-refractivity contribution in [1.82, 2.24) is 14.7 Å². The second-order valence-electron chi connectivity index (χ2n) is 10.0. The molecule has 208 valence electrons. The van der Waals surface area contributed by atoms with Gasteiger partial charge in [-0.05, 0) is 50.3 Å². The van der Waals surface area contributed by atoms with Crippen LogP contribution < -0.4 is 9.47 Å². The second-order valence-corrected chi connectivity index (χ2v) is 10.0. The highest BCUT2D eigenvalue weighted by atomic mass is 16.5. The van der Waals surface area contributed by atoms with Crippen LogP contribution in [0.2, 0.25) is 0 Å². The van der Waals surface area contributed by atoms with E-state index in [1.165, 1.54) is 7.11 Å². The summed E-state index contributed by atoms with van der Waals surface area (Å²) in [5.41, 5.74) is 1.23. The Bertz CT molecular complexity index is 1190. The van der Waals surface area contributed by atoms with Gasteiger partial charge in [-0.3, -0.25) is 14.4 Å². The number of carbonyl (C=O) groups excluding carboxylic acids is 3. The predicted molar refractivity (Wildman–Crippen MR) is 150 cm³/mol. The molecule has 8 heteroatoms. The molecule has 2 atom stereocenters. The molecule has 2 bridgehead atoms. The number of benzene rings is 2. The number of carbonyl (C=O) groups is 3. The van der Waals surface area contributed by atoms with Crippen LogP contribution in [0.1, 0.15) is 42.6 Å². The molecule has 2 aliphatic rings. The summed E-state index contributed by atoms with van der Waals surface area (Å²) >= 11 is 0. The normalized spacial score (nSPS) is 20.4. The van der Waals surface area contributed by atoms with Gasteiger partial charge in [-0.15, -0.1) is 0 Å². The molecule has 0 aliphatic carbocycles. The molecule has 39 heavy (non-hydrogen) atoms. The van der Waals surface area contributed by atoms with E-state index in [-0.39, 0.29) is 42.6 Å². The van der Waals surface area contributed by atoms with Gasteiger partial charge >= 0.3 is 0 Å².